The number of rotatable bonds is 3. The number of pyridine rings is 1. The Labute approximate surface area is 100 Å². The second-order valence-corrected chi connectivity index (χ2v) is 3.68. The van der Waals surface area contributed by atoms with Gasteiger partial charge in [0.2, 0.25) is 5.78 Å². The monoisotopic (exact) mass is 227 g/mol. The van der Waals surface area contributed by atoms with E-state index in [1.807, 2.05) is 19.1 Å². The van der Waals surface area contributed by atoms with Gasteiger partial charge in [0.15, 0.2) is 0 Å². The van der Waals surface area contributed by atoms with Crippen LogP contribution in [0, 0.1) is 6.92 Å². The molecule has 0 N–H and O–H groups in total. The number of hydrogen-bond acceptors (Lipinski definition) is 3. The number of methoxy groups -OCH3 is 1. The van der Waals surface area contributed by atoms with E-state index in [0.29, 0.717) is 17.0 Å². The number of aromatic nitrogens is 1. The maximum atomic E-state index is 12.2. The van der Waals surface area contributed by atoms with Crippen molar-refractivity contribution in [2.45, 2.75) is 6.92 Å². The summed E-state index contributed by atoms with van der Waals surface area (Å²) >= 11 is 0. The van der Waals surface area contributed by atoms with Gasteiger partial charge >= 0.3 is 0 Å². The van der Waals surface area contributed by atoms with Gasteiger partial charge in [0.05, 0.1) is 7.11 Å². The van der Waals surface area contributed by atoms with E-state index in [1.54, 1.807) is 37.6 Å². The Bertz CT molecular complexity index is 535. The van der Waals surface area contributed by atoms with Crippen molar-refractivity contribution >= 4 is 5.78 Å². The average Bonchev–Trinajstić information content (AvgIpc) is 2.39. The Morgan fingerprint density at radius 3 is 2.65 bits per heavy atom. The zero-order valence-corrected chi connectivity index (χ0v) is 9.81. The summed E-state index contributed by atoms with van der Waals surface area (Å²) in [6, 6.07) is 10.7. The predicted octanol–water partition coefficient (Wildman–Crippen LogP) is 2.63. The molecule has 0 spiro atoms. The first-order chi connectivity index (χ1) is 8.24. The van der Waals surface area contributed by atoms with Crippen LogP contribution in [0.25, 0.3) is 0 Å². The fourth-order valence-corrected chi connectivity index (χ4v) is 1.72. The molecule has 0 aliphatic heterocycles. The van der Waals surface area contributed by atoms with Gasteiger partial charge in [-0.25, -0.2) is 0 Å². The molecule has 1 aromatic heterocycles. The molecule has 3 nitrogen and oxygen atoms in total. The Hall–Kier alpha value is -2.16. The number of ketones is 1. The molecule has 0 fully saturated rings. The summed E-state index contributed by atoms with van der Waals surface area (Å²) in [6.45, 7) is 1.87. The van der Waals surface area contributed by atoms with Crippen LogP contribution >= 0.6 is 0 Å². The molecule has 0 saturated carbocycles. The van der Waals surface area contributed by atoms with Gasteiger partial charge in [-0.15, -0.1) is 0 Å². The molecule has 1 heterocycles. The summed E-state index contributed by atoms with van der Waals surface area (Å²) < 4.78 is 5.20. The van der Waals surface area contributed by atoms with Crippen LogP contribution in [0.1, 0.15) is 21.6 Å². The fraction of sp³-hybridized carbons (Fsp3) is 0.143. The summed E-state index contributed by atoms with van der Waals surface area (Å²) in [5.74, 6) is 0.633. The molecule has 0 unspecified atom stereocenters. The first-order valence-electron chi connectivity index (χ1n) is 5.33. The van der Waals surface area contributed by atoms with Crippen LogP contribution < -0.4 is 4.74 Å². The van der Waals surface area contributed by atoms with Crippen molar-refractivity contribution in [3.8, 4) is 5.75 Å². The molecule has 0 saturated heterocycles. The van der Waals surface area contributed by atoms with Crippen molar-refractivity contribution in [3.05, 3.63) is 59.4 Å². The topological polar surface area (TPSA) is 39.2 Å². The van der Waals surface area contributed by atoms with Crippen molar-refractivity contribution in [2.24, 2.45) is 0 Å². The maximum absolute atomic E-state index is 12.2. The van der Waals surface area contributed by atoms with E-state index >= 15 is 0 Å². The minimum atomic E-state index is -0.0815. The molecule has 0 aliphatic carbocycles. The van der Waals surface area contributed by atoms with Crippen molar-refractivity contribution in [1.29, 1.82) is 0 Å². The first-order valence-corrected chi connectivity index (χ1v) is 5.33. The quantitative estimate of drug-likeness (QED) is 0.757. The molecule has 86 valence electrons. The van der Waals surface area contributed by atoms with Gasteiger partial charge in [-0.1, -0.05) is 18.2 Å². The van der Waals surface area contributed by atoms with Crippen LogP contribution in [-0.4, -0.2) is 17.9 Å². The lowest BCUT2D eigenvalue weighted by Crippen LogP contribution is -2.06. The molecule has 0 atom stereocenters. The molecule has 3 heteroatoms. The molecular formula is C14H13NO2. The number of ether oxygens (including phenoxy) is 1. The third-order valence-electron chi connectivity index (χ3n) is 2.65. The van der Waals surface area contributed by atoms with Crippen LogP contribution in [0.2, 0.25) is 0 Å². The van der Waals surface area contributed by atoms with E-state index < -0.39 is 0 Å². The summed E-state index contributed by atoms with van der Waals surface area (Å²) in [5, 5.41) is 0. The summed E-state index contributed by atoms with van der Waals surface area (Å²) in [6.07, 6.45) is 1.61. The molecule has 2 rings (SSSR count). The molecule has 17 heavy (non-hydrogen) atoms. The Morgan fingerprint density at radius 1 is 1.18 bits per heavy atom. The van der Waals surface area contributed by atoms with E-state index in [4.69, 9.17) is 4.74 Å². The predicted molar refractivity (Wildman–Crippen MR) is 65.4 cm³/mol. The van der Waals surface area contributed by atoms with E-state index in [0.717, 1.165) is 5.56 Å². The van der Waals surface area contributed by atoms with Gasteiger partial charge in [0.1, 0.15) is 11.4 Å². The van der Waals surface area contributed by atoms with Gasteiger partial charge in [-0.2, -0.15) is 0 Å². The van der Waals surface area contributed by atoms with Crippen molar-refractivity contribution < 1.29 is 9.53 Å². The highest BCUT2D eigenvalue weighted by Crippen LogP contribution is 2.22. The minimum Gasteiger partial charge on any atom is -0.496 e. The molecule has 0 bridgehead atoms. The first kappa shape index (κ1) is 11.3. The third-order valence-corrected chi connectivity index (χ3v) is 2.65. The van der Waals surface area contributed by atoms with Gasteiger partial charge in [-0.05, 0) is 25.1 Å². The Kier molecular flexibility index (Phi) is 3.19. The lowest BCUT2D eigenvalue weighted by molar-refractivity contribution is 0.103. The van der Waals surface area contributed by atoms with Crippen LogP contribution in [0.3, 0.4) is 0 Å². The fourth-order valence-electron chi connectivity index (χ4n) is 1.72. The van der Waals surface area contributed by atoms with E-state index in [9.17, 15) is 4.79 Å². The number of benzene rings is 1. The second-order valence-electron chi connectivity index (χ2n) is 3.68. The van der Waals surface area contributed by atoms with Crippen molar-refractivity contribution in [2.75, 3.05) is 7.11 Å². The number of carbonyl (C=O) groups excluding carboxylic acids is 1. The van der Waals surface area contributed by atoms with Gasteiger partial charge in [0.25, 0.3) is 0 Å². The van der Waals surface area contributed by atoms with Crippen molar-refractivity contribution in [3.63, 3.8) is 0 Å². The zero-order valence-electron chi connectivity index (χ0n) is 9.81. The highest BCUT2D eigenvalue weighted by Gasteiger charge is 2.14. The van der Waals surface area contributed by atoms with Crippen LogP contribution in [0.5, 0.6) is 5.75 Å². The van der Waals surface area contributed by atoms with Gasteiger partial charge < -0.3 is 4.74 Å². The largest absolute Gasteiger partial charge is 0.496 e. The molecular weight excluding hydrogens is 214 g/mol. The SMILES string of the molecule is COc1cccc(C(=O)c2ccccn2)c1C. The Morgan fingerprint density at radius 2 is 2.00 bits per heavy atom. The minimum absolute atomic E-state index is 0.0815. The molecule has 1 aromatic carbocycles. The van der Waals surface area contributed by atoms with Gasteiger partial charge in [-0.3, -0.25) is 9.78 Å². The summed E-state index contributed by atoms with van der Waals surface area (Å²) in [5.41, 5.74) is 1.91. The average molecular weight is 227 g/mol. The molecule has 0 radical (unpaired) electrons. The molecule has 0 aliphatic rings. The number of carbonyl (C=O) groups is 1. The second kappa shape index (κ2) is 4.78. The lowest BCUT2D eigenvalue weighted by atomic mass is 10.0. The van der Waals surface area contributed by atoms with Crippen LogP contribution in [0.4, 0.5) is 0 Å². The smallest absolute Gasteiger partial charge is 0.211 e. The van der Waals surface area contributed by atoms with E-state index in [-0.39, 0.29) is 5.78 Å². The van der Waals surface area contributed by atoms with E-state index in [1.165, 1.54) is 0 Å². The maximum Gasteiger partial charge on any atom is 0.211 e. The van der Waals surface area contributed by atoms with Crippen LogP contribution in [0.15, 0.2) is 42.6 Å². The summed E-state index contributed by atoms with van der Waals surface area (Å²) in [7, 11) is 1.59. The molecule has 2 aromatic rings. The van der Waals surface area contributed by atoms with E-state index in [2.05, 4.69) is 4.98 Å². The van der Waals surface area contributed by atoms with Gasteiger partial charge in [0, 0.05) is 17.3 Å². The third kappa shape index (κ3) is 2.18. The highest BCUT2D eigenvalue weighted by molar-refractivity contribution is 6.08. The van der Waals surface area contributed by atoms with Crippen molar-refractivity contribution in [1.82, 2.24) is 4.98 Å². The Balaban J connectivity index is 2.45. The normalized spacial score (nSPS) is 10.0. The zero-order chi connectivity index (χ0) is 12.3. The molecule has 0 amide bonds. The summed E-state index contributed by atoms with van der Waals surface area (Å²) in [4.78, 5) is 16.3. The number of nitrogens with zero attached hydrogens (tertiary/aromatic N) is 1. The standard InChI is InChI=1S/C14H13NO2/c1-10-11(6-5-8-13(10)17-2)14(16)12-7-3-4-9-15-12/h3-9H,1-2H3. The number of hydrogen-bond donors (Lipinski definition) is 0. The lowest BCUT2D eigenvalue weighted by Gasteiger charge is -2.08. The highest BCUT2D eigenvalue weighted by atomic mass is 16.5. The van der Waals surface area contributed by atoms with Crippen LogP contribution in [-0.2, 0) is 0 Å².